The lowest BCUT2D eigenvalue weighted by Crippen LogP contribution is -2.07. The Morgan fingerprint density at radius 2 is 1.58 bits per heavy atom. The van der Waals surface area contributed by atoms with Crippen molar-refractivity contribution in [2.24, 2.45) is 0 Å². The largest absolute Gasteiger partial charge is 0.493 e. The maximum Gasteiger partial charge on any atom is 0.330 e. The number of esters is 1. The molecule has 0 heterocycles. The zero-order valence-electron chi connectivity index (χ0n) is 13.4. The average molecular weight is 324 g/mol. The van der Waals surface area contributed by atoms with Gasteiger partial charge in [0.25, 0.3) is 0 Å². The summed E-state index contributed by atoms with van der Waals surface area (Å²) in [5, 5.41) is 0. The van der Waals surface area contributed by atoms with E-state index in [0.29, 0.717) is 36.5 Å². The minimum atomic E-state index is -0.422. The molecule has 0 atom stereocenters. The number of hydrogen-bond acceptors (Lipinski definition) is 4. The zero-order chi connectivity index (χ0) is 17.2. The lowest BCUT2D eigenvalue weighted by Gasteiger charge is -2.11. The van der Waals surface area contributed by atoms with Gasteiger partial charge in [-0.3, -0.25) is 4.79 Å². The lowest BCUT2D eigenvalue weighted by atomic mass is 10.0. The van der Waals surface area contributed by atoms with Gasteiger partial charge >= 0.3 is 5.97 Å². The summed E-state index contributed by atoms with van der Waals surface area (Å²) in [5.74, 6) is 0.0790. The van der Waals surface area contributed by atoms with Crippen LogP contribution in [-0.2, 0) is 9.53 Å². The van der Waals surface area contributed by atoms with Gasteiger partial charge in [-0.1, -0.05) is 49.0 Å². The van der Waals surface area contributed by atoms with Gasteiger partial charge in [-0.2, -0.15) is 0 Å². The molecule has 0 aliphatic carbocycles. The van der Waals surface area contributed by atoms with Crippen molar-refractivity contribution in [1.82, 2.24) is 0 Å². The third-order valence-electron chi connectivity index (χ3n) is 3.37. The fourth-order valence-corrected chi connectivity index (χ4v) is 2.14. The molecule has 0 saturated heterocycles. The van der Waals surface area contributed by atoms with Crippen LogP contribution in [0.2, 0.25) is 0 Å². The summed E-state index contributed by atoms with van der Waals surface area (Å²) < 4.78 is 10.6. The Kier molecular flexibility index (Phi) is 6.77. The molecule has 0 fully saturated rings. The first-order chi connectivity index (χ1) is 11.7. The van der Waals surface area contributed by atoms with Crippen molar-refractivity contribution in [3.8, 4) is 5.75 Å². The fourth-order valence-electron chi connectivity index (χ4n) is 2.14. The first-order valence-electron chi connectivity index (χ1n) is 7.83. The quantitative estimate of drug-likeness (QED) is 0.305. The molecule has 0 N–H and O–H groups in total. The van der Waals surface area contributed by atoms with Crippen LogP contribution in [0.1, 0.15) is 28.8 Å². The number of unbranched alkanes of at least 4 members (excludes halogenated alkanes) is 1. The van der Waals surface area contributed by atoms with E-state index in [2.05, 4.69) is 6.58 Å². The number of ketones is 1. The minimum absolute atomic E-state index is 0.0638. The van der Waals surface area contributed by atoms with Crippen LogP contribution in [-0.4, -0.2) is 25.0 Å². The first-order valence-corrected chi connectivity index (χ1v) is 7.83. The highest BCUT2D eigenvalue weighted by Crippen LogP contribution is 2.21. The molecule has 0 unspecified atom stereocenters. The highest BCUT2D eigenvalue weighted by Gasteiger charge is 2.13. The van der Waals surface area contributed by atoms with Crippen LogP contribution in [0.15, 0.2) is 67.3 Å². The summed E-state index contributed by atoms with van der Waals surface area (Å²) >= 11 is 0. The molecule has 0 bridgehead atoms. The Balaban J connectivity index is 1.89. The predicted octanol–water partition coefficient (Wildman–Crippen LogP) is 3.81. The highest BCUT2D eigenvalue weighted by molar-refractivity contribution is 6.10. The van der Waals surface area contributed by atoms with Crippen LogP contribution in [0.3, 0.4) is 0 Å². The molecule has 4 heteroatoms. The topological polar surface area (TPSA) is 52.6 Å². The van der Waals surface area contributed by atoms with Gasteiger partial charge in [0.1, 0.15) is 5.75 Å². The Morgan fingerprint density at radius 3 is 2.33 bits per heavy atom. The molecule has 0 saturated carbocycles. The Morgan fingerprint density at radius 1 is 0.917 bits per heavy atom. The van der Waals surface area contributed by atoms with Crippen LogP contribution in [0.4, 0.5) is 0 Å². The summed E-state index contributed by atoms with van der Waals surface area (Å²) in [6.07, 6.45) is 2.55. The van der Waals surface area contributed by atoms with Crippen molar-refractivity contribution >= 4 is 11.8 Å². The van der Waals surface area contributed by atoms with Crippen molar-refractivity contribution < 1.29 is 19.1 Å². The van der Waals surface area contributed by atoms with E-state index in [9.17, 15) is 9.59 Å². The molecule has 0 aromatic heterocycles. The van der Waals surface area contributed by atoms with E-state index >= 15 is 0 Å². The monoisotopic (exact) mass is 324 g/mol. The second-order valence-electron chi connectivity index (χ2n) is 5.12. The lowest BCUT2D eigenvalue weighted by molar-refractivity contribution is -0.137. The van der Waals surface area contributed by atoms with Gasteiger partial charge in [-0.25, -0.2) is 4.79 Å². The second kappa shape index (κ2) is 9.30. The molecule has 0 aliphatic rings. The summed E-state index contributed by atoms with van der Waals surface area (Å²) in [7, 11) is 0. The van der Waals surface area contributed by atoms with Gasteiger partial charge in [-0.05, 0) is 25.0 Å². The number of hydrogen-bond donors (Lipinski definition) is 0. The summed E-state index contributed by atoms with van der Waals surface area (Å²) in [4.78, 5) is 23.5. The van der Waals surface area contributed by atoms with Gasteiger partial charge in [0, 0.05) is 11.6 Å². The Hall–Kier alpha value is -2.88. The zero-order valence-corrected chi connectivity index (χ0v) is 13.4. The molecular formula is C20H20O4. The fraction of sp³-hybridized carbons (Fsp3) is 0.200. The number of carbonyl (C=O) groups excluding carboxylic acids is 2. The molecule has 2 aromatic rings. The van der Waals surface area contributed by atoms with Crippen molar-refractivity contribution in [1.29, 1.82) is 0 Å². The van der Waals surface area contributed by atoms with E-state index < -0.39 is 5.97 Å². The standard InChI is InChI=1S/C20H20O4/c1-2-19(21)24-15-9-8-14-23-18-13-7-6-12-17(18)20(22)16-10-4-3-5-11-16/h2-7,10-13H,1,8-9,14-15H2. The smallest absolute Gasteiger partial charge is 0.330 e. The van der Waals surface area contributed by atoms with E-state index in [1.165, 1.54) is 0 Å². The first kappa shape index (κ1) is 17.5. The number of rotatable bonds is 9. The Labute approximate surface area is 141 Å². The van der Waals surface area contributed by atoms with E-state index in [1.54, 1.807) is 24.3 Å². The van der Waals surface area contributed by atoms with E-state index in [1.807, 2.05) is 30.3 Å². The van der Waals surface area contributed by atoms with Gasteiger partial charge in [0.15, 0.2) is 5.78 Å². The van der Waals surface area contributed by atoms with E-state index in [0.717, 1.165) is 12.5 Å². The maximum absolute atomic E-state index is 12.6. The van der Waals surface area contributed by atoms with Crippen molar-refractivity contribution in [2.45, 2.75) is 12.8 Å². The second-order valence-corrected chi connectivity index (χ2v) is 5.12. The third-order valence-corrected chi connectivity index (χ3v) is 3.37. The molecule has 24 heavy (non-hydrogen) atoms. The van der Waals surface area contributed by atoms with E-state index in [4.69, 9.17) is 9.47 Å². The summed E-state index contributed by atoms with van der Waals surface area (Å²) in [5.41, 5.74) is 1.17. The van der Waals surface area contributed by atoms with Crippen LogP contribution >= 0.6 is 0 Å². The molecular weight excluding hydrogens is 304 g/mol. The average Bonchev–Trinajstić information content (AvgIpc) is 2.64. The van der Waals surface area contributed by atoms with Crippen molar-refractivity contribution in [3.05, 3.63) is 78.4 Å². The molecule has 0 amide bonds. The van der Waals surface area contributed by atoms with Crippen molar-refractivity contribution in [2.75, 3.05) is 13.2 Å². The molecule has 4 nitrogen and oxygen atoms in total. The molecule has 124 valence electrons. The normalized spacial score (nSPS) is 10.0. The van der Waals surface area contributed by atoms with Gasteiger partial charge < -0.3 is 9.47 Å². The van der Waals surface area contributed by atoms with Gasteiger partial charge in [0.05, 0.1) is 18.8 Å². The van der Waals surface area contributed by atoms with E-state index in [-0.39, 0.29) is 5.78 Å². The van der Waals surface area contributed by atoms with Crippen LogP contribution in [0.5, 0.6) is 5.75 Å². The van der Waals surface area contributed by atoms with Gasteiger partial charge in [0.2, 0.25) is 0 Å². The predicted molar refractivity (Wildman–Crippen MR) is 92.2 cm³/mol. The molecule has 2 rings (SSSR count). The molecule has 0 radical (unpaired) electrons. The summed E-state index contributed by atoms with van der Waals surface area (Å²) in [6.45, 7) is 4.12. The SMILES string of the molecule is C=CC(=O)OCCCCOc1ccccc1C(=O)c1ccccc1. The Bertz CT molecular complexity index is 692. The highest BCUT2D eigenvalue weighted by atomic mass is 16.5. The summed E-state index contributed by atoms with van der Waals surface area (Å²) in [6, 6.07) is 16.3. The molecule has 2 aromatic carbocycles. The van der Waals surface area contributed by atoms with Crippen LogP contribution < -0.4 is 4.74 Å². The molecule has 0 spiro atoms. The van der Waals surface area contributed by atoms with Crippen molar-refractivity contribution in [3.63, 3.8) is 0 Å². The molecule has 0 aliphatic heterocycles. The van der Waals surface area contributed by atoms with Crippen LogP contribution in [0, 0.1) is 0 Å². The maximum atomic E-state index is 12.6. The van der Waals surface area contributed by atoms with Gasteiger partial charge in [-0.15, -0.1) is 0 Å². The number of benzene rings is 2. The number of carbonyl (C=O) groups is 2. The number of ether oxygens (including phenoxy) is 2. The number of para-hydroxylation sites is 1. The minimum Gasteiger partial charge on any atom is -0.493 e. The van der Waals surface area contributed by atoms with Crippen LogP contribution in [0.25, 0.3) is 0 Å². The third kappa shape index (κ3) is 5.09.